The minimum absolute atomic E-state index is 0.341. The zero-order chi connectivity index (χ0) is 21.7. The number of carbonyl (C=O) groups excluding carboxylic acids is 1. The standard InChI is InChI=1S/C21H24NO3.3CH3.Sn/c1-21(2,3)25-20(23)22(18-12-14-19(24-4)15-13-18)16-8-11-17-9-6-5-7-10-17;;;;/h5-16H,1-4H3;3*1H3;/b16-8+;;;;. The van der Waals surface area contributed by atoms with Gasteiger partial charge in [-0.05, 0) is 0 Å². The quantitative estimate of drug-likeness (QED) is 0.418. The first-order valence-electron chi connectivity index (χ1n) is 9.91. The van der Waals surface area contributed by atoms with E-state index in [1.54, 1.807) is 12.0 Å². The van der Waals surface area contributed by atoms with E-state index in [1.165, 1.54) is 5.56 Å². The second-order valence-corrected chi connectivity index (χ2v) is 24.4. The van der Waals surface area contributed by atoms with E-state index in [-0.39, 0.29) is 0 Å². The molecule has 1 unspecified atom stereocenters. The van der Waals surface area contributed by atoms with Crippen molar-refractivity contribution in [2.75, 3.05) is 12.0 Å². The van der Waals surface area contributed by atoms with Gasteiger partial charge in [-0.2, -0.15) is 0 Å². The van der Waals surface area contributed by atoms with Crippen molar-refractivity contribution < 1.29 is 14.3 Å². The maximum absolute atomic E-state index is 13.0. The van der Waals surface area contributed by atoms with E-state index in [9.17, 15) is 4.79 Å². The predicted molar refractivity (Wildman–Crippen MR) is 123 cm³/mol. The van der Waals surface area contributed by atoms with E-state index in [4.69, 9.17) is 9.47 Å². The van der Waals surface area contributed by atoms with Gasteiger partial charge >= 0.3 is 180 Å². The summed E-state index contributed by atoms with van der Waals surface area (Å²) in [5.74, 6) is 0.745. The van der Waals surface area contributed by atoms with Crippen LogP contribution < -0.4 is 9.64 Å². The van der Waals surface area contributed by atoms with Crippen molar-refractivity contribution in [3.63, 3.8) is 0 Å². The van der Waals surface area contributed by atoms with Crippen LogP contribution in [0.25, 0.3) is 0 Å². The van der Waals surface area contributed by atoms with Crippen molar-refractivity contribution in [1.29, 1.82) is 0 Å². The van der Waals surface area contributed by atoms with E-state index in [0.717, 1.165) is 11.4 Å². The van der Waals surface area contributed by atoms with Gasteiger partial charge in [0.05, 0.1) is 0 Å². The number of rotatable bonds is 6. The first-order valence-corrected chi connectivity index (χ1v) is 20.1. The molecule has 0 aromatic heterocycles. The molecule has 0 aliphatic heterocycles. The van der Waals surface area contributed by atoms with E-state index in [1.807, 2.05) is 57.3 Å². The molecule has 29 heavy (non-hydrogen) atoms. The Balaban J connectivity index is 2.42. The normalized spacial score (nSPS) is 13.2. The van der Waals surface area contributed by atoms with E-state index in [0.29, 0.717) is 3.93 Å². The van der Waals surface area contributed by atoms with Crippen LogP contribution in [-0.4, -0.2) is 37.2 Å². The number of hydrogen-bond acceptors (Lipinski definition) is 3. The summed E-state index contributed by atoms with van der Waals surface area (Å²) in [7, 11) is 1.63. The first-order chi connectivity index (χ1) is 13.5. The van der Waals surface area contributed by atoms with Crippen LogP contribution in [0.15, 0.2) is 66.9 Å². The van der Waals surface area contributed by atoms with Gasteiger partial charge in [-0.25, -0.2) is 0 Å². The Morgan fingerprint density at radius 3 is 2.07 bits per heavy atom. The maximum atomic E-state index is 13.0. The molecule has 0 aliphatic rings. The van der Waals surface area contributed by atoms with Crippen LogP contribution in [0.5, 0.6) is 5.75 Å². The molecule has 5 heteroatoms. The van der Waals surface area contributed by atoms with Crippen LogP contribution in [0.1, 0.15) is 30.3 Å². The number of nitrogens with zero attached hydrogens (tertiary/aromatic N) is 1. The molecular formula is C24H33NO3Sn. The molecule has 1 atom stereocenters. The Morgan fingerprint density at radius 2 is 1.59 bits per heavy atom. The summed E-state index contributed by atoms with van der Waals surface area (Å²) in [6.45, 7) is 5.62. The number of hydrogen-bond donors (Lipinski definition) is 0. The number of carbonyl (C=O) groups is 1. The van der Waals surface area contributed by atoms with Gasteiger partial charge in [-0.15, -0.1) is 0 Å². The van der Waals surface area contributed by atoms with Crippen molar-refractivity contribution in [2.45, 2.75) is 45.1 Å². The third-order valence-electron chi connectivity index (χ3n) is 4.46. The number of methoxy groups -OCH3 is 1. The number of benzene rings is 2. The molecule has 1 amide bonds. The zero-order valence-corrected chi connectivity index (χ0v) is 21.5. The second kappa shape index (κ2) is 9.70. The van der Waals surface area contributed by atoms with E-state index < -0.39 is 30.1 Å². The number of allylic oxidation sites excluding steroid dienone is 1. The molecule has 4 nitrogen and oxygen atoms in total. The summed E-state index contributed by atoms with van der Waals surface area (Å²) < 4.78 is 11.2. The molecule has 0 saturated carbocycles. The fraction of sp³-hybridized carbons (Fsp3) is 0.375. The summed E-state index contributed by atoms with van der Waals surface area (Å²) in [4.78, 5) is 21.7. The van der Waals surface area contributed by atoms with Gasteiger partial charge in [-0.1, -0.05) is 0 Å². The first kappa shape index (κ1) is 23.3. The minimum atomic E-state index is -2.38. The van der Waals surface area contributed by atoms with Crippen molar-refractivity contribution in [2.24, 2.45) is 0 Å². The monoisotopic (exact) mass is 503 g/mol. The average molecular weight is 502 g/mol. The fourth-order valence-electron chi connectivity index (χ4n) is 3.04. The van der Waals surface area contributed by atoms with Gasteiger partial charge in [0, 0.05) is 0 Å². The van der Waals surface area contributed by atoms with Crippen LogP contribution in [-0.2, 0) is 4.74 Å². The summed E-state index contributed by atoms with van der Waals surface area (Å²) in [6.07, 6.45) is 3.64. The predicted octanol–water partition coefficient (Wildman–Crippen LogP) is 6.61. The van der Waals surface area contributed by atoms with Crippen LogP contribution in [0, 0.1) is 0 Å². The number of anilines is 1. The molecule has 2 aromatic rings. The summed E-state index contributed by atoms with van der Waals surface area (Å²) in [5, 5.41) is 0. The Labute approximate surface area is 179 Å². The van der Waals surface area contributed by atoms with Gasteiger partial charge in [0.1, 0.15) is 0 Å². The number of ether oxygens (including phenoxy) is 2. The molecule has 156 valence electrons. The molecule has 0 bridgehead atoms. The molecule has 2 rings (SSSR count). The fourth-order valence-corrected chi connectivity index (χ4v) is 8.34. The van der Waals surface area contributed by atoms with Crippen LogP contribution in [0.4, 0.5) is 10.5 Å². The summed E-state index contributed by atoms with van der Waals surface area (Å²) >= 11 is -2.38. The van der Waals surface area contributed by atoms with Crippen molar-refractivity contribution in [1.82, 2.24) is 0 Å². The molecule has 0 aliphatic carbocycles. The van der Waals surface area contributed by atoms with E-state index >= 15 is 0 Å². The summed E-state index contributed by atoms with van der Waals surface area (Å²) in [5.41, 5.74) is 1.47. The number of amides is 1. The van der Waals surface area contributed by atoms with Crippen molar-refractivity contribution in [3.05, 3.63) is 72.4 Å². The van der Waals surface area contributed by atoms with Crippen LogP contribution in [0.2, 0.25) is 14.8 Å². The molecular weight excluding hydrogens is 469 g/mol. The molecule has 0 radical (unpaired) electrons. The molecule has 2 aromatic carbocycles. The molecule has 0 spiro atoms. The van der Waals surface area contributed by atoms with Crippen molar-refractivity contribution >= 4 is 30.2 Å². The Bertz CT molecular complexity index is 818. The third-order valence-corrected chi connectivity index (χ3v) is 11.3. The third kappa shape index (κ3) is 7.10. The SMILES string of the molecule is COc1ccc(N(/C=C/[CH](c2ccccc2)[Sn]([CH3])([CH3])[CH3])C(=O)OC(C)(C)C)cc1. The van der Waals surface area contributed by atoms with Gasteiger partial charge in [0.15, 0.2) is 0 Å². The Morgan fingerprint density at radius 1 is 1.00 bits per heavy atom. The van der Waals surface area contributed by atoms with Gasteiger partial charge in [0.25, 0.3) is 0 Å². The topological polar surface area (TPSA) is 38.8 Å². The molecule has 0 fully saturated rings. The molecule has 0 heterocycles. The second-order valence-electron chi connectivity index (χ2n) is 9.14. The van der Waals surface area contributed by atoms with Gasteiger partial charge in [0.2, 0.25) is 0 Å². The Kier molecular flexibility index (Phi) is 7.80. The average Bonchev–Trinajstić information content (AvgIpc) is 2.63. The molecule has 0 N–H and O–H groups in total. The Hall–Kier alpha value is -1.95. The van der Waals surface area contributed by atoms with Crippen molar-refractivity contribution in [3.8, 4) is 5.75 Å². The van der Waals surface area contributed by atoms with Gasteiger partial charge < -0.3 is 0 Å². The zero-order valence-electron chi connectivity index (χ0n) is 18.6. The molecule has 0 saturated heterocycles. The summed E-state index contributed by atoms with van der Waals surface area (Å²) in [6, 6.07) is 17.9. The van der Waals surface area contributed by atoms with Gasteiger partial charge in [-0.3, -0.25) is 0 Å². The van der Waals surface area contributed by atoms with Crippen LogP contribution >= 0.6 is 0 Å². The van der Waals surface area contributed by atoms with E-state index in [2.05, 4.69) is 45.2 Å². The van der Waals surface area contributed by atoms with Crippen LogP contribution in [0.3, 0.4) is 0 Å².